The van der Waals surface area contributed by atoms with Gasteiger partial charge in [0.15, 0.2) is 5.78 Å². The van der Waals surface area contributed by atoms with Crippen molar-refractivity contribution in [1.82, 2.24) is 4.90 Å². The fraction of sp³-hybridized carbons (Fsp3) is 0.316. The van der Waals surface area contributed by atoms with E-state index in [0.717, 1.165) is 36.7 Å². The lowest BCUT2D eigenvalue weighted by molar-refractivity contribution is 0.0966. The number of para-hydroxylation sites is 1. The molecule has 0 saturated heterocycles. The normalized spacial score (nSPS) is 10.7. The third-order valence-corrected chi connectivity index (χ3v) is 3.70. The predicted molar refractivity (Wildman–Crippen MR) is 89.7 cm³/mol. The van der Waals surface area contributed by atoms with Crippen LogP contribution in [0.15, 0.2) is 54.6 Å². The Hall–Kier alpha value is -2.13. The van der Waals surface area contributed by atoms with Crippen LogP contribution in [0.1, 0.15) is 30.6 Å². The fourth-order valence-corrected chi connectivity index (χ4v) is 2.28. The number of Topliss-reactive ketones (excluding diaryl/α,β-unsaturated/α-hetero) is 1. The number of carbonyl (C=O) groups excluding carboxylic acids is 1. The number of ether oxygens (including phenoxy) is 1. The zero-order valence-corrected chi connectivity index (χ0v) is 13.3. The molecule has 0 unspecified atom stereocenters. The van der Waals surface area contributed by atoms with Crippen LogP contribution >= 0.6 is 0 Å². The van der Waals surface area contributed by atoms with E-state index in [1.807, 2.05) is 54.6 Å². The topological polar surface area (TPSA) is 29.5 Å². The number of carbonyl (C=O) groups is 1. The van der Waals surface area contributed by atoms with Crippen molar-refractivity contribution >= 4 is 5.78 Å². The Morgan fingerprint density at radius 2 is 1.50 bits per heavy atom. The van der Waals surface area contributed by atoms with Gasteiger partial charge in [0.2, 0.25) is 0 Å². The first kappa shape index (κ1) is 16.2. The van der Waals surface area contributed by atoms with Crippen LogP contribution in [0.25, 0.3) is 0 Å². The highest BCUT2D eigenvalue weighted by atomic mass is 16.5. The van der Waals surface area contributed by atoms with E-state index in [0.29, 0.717) is 6.42 Å². The number of hydrogen-bond acceptors (Lipinski definition) is 3. The van der Waals surface area contributed by atoms with Gasteiger partial charge >= 0.3 is 0 Å². The molecule has 0 atom stereocenters. The summed E-state index contributed by atoms with van der Waals surface area (Å²) in [4.78, 5) is 14.4. The molecule has 0 N–H and O–H groups in total. The minimum Gasteiger partial charge on any atom is -0.457 e. The lowest BCUT2D eigenvalue weighted by atomic mass is 10.1. The molecule has 0 aliphatic heterocycles. The van der Waals surface area contributed by atoms with E-state index >= 15 is 0 Å². The van der Waals surface area contributed by atoms with Gasteiger partial charge in [-0.05, 0) is 49.5 Å². The summed E-state index contributed by atoms with van der Waals surface area (Å²) >= 11 is 0. The van der Waals surface area contributed by atoms with E-state index in [4.69, 9.17) is 4.74 Å². The molecule has 0 heterocycles. The van der Waals surface area contributed by atoms with Crippen molar-refractivity contribution in [3.63, 3.8) is 0 Å². The van der Waals surface area contributed by atoms with Crippen LogP contribution in [0, 0.1) is 0 Å². The molecule has 0 radical (unpaired) electrons. The van der Waals surface area contributed by atoms with Gasteiger partial charge in [0, 0.05) is 18.5 Å². The molecule has 2 aromatic rings. The van der Waals surface area contributed by atoms with Crippen LogP contribution in [-0.4, -0.2) is 30.3 Å². The Morgan fingerprint density at radius 1 is 0.909 bits per heavy atom. The van der Waals surface area contributed by atoms with E-state index in [2.05, 4.69) is 18.7 Å². The van der Waals surface area contributed by atoms with Crippen molar-refractivity contribution in [3.8, 4) is 11.5 Å². The van der Waals surface area contributed by atoms with Crippen LogP contribution in [0.4, 0.5) is 0 Å². The van der Waals surface area contributed by atoms with E-state index < -0.39 is 0 Å². The molecular weight excluding hydrogens is 274 g/mol. The van der Waals surface area contributed by atoms with Crippen LogP contribution in [-0.2, 0) is 0 Å². The molecule has 3 nitrogen and oxygen atoms in total. The first-order chi connectivity index (χ1) is 10.7. The van der Waals surface area contributed by atoms with Crippen molar-refractivity contribution < 1.29 is 9.53 Å². The van der Waals surface area contributed by atoms with E-state index in [-0.39, 0.29) is 5.78 Å². The molecule has 0 aliphatic rings. The molecule has 116 valence electrons. The maximum atomic E-state index is 12.2. The quantitative estimate of drug-likeness (QED) is 0.677. The standard InChI is InChI=1S/C19H23NO2/c1-3-20(4-2)15-14-19(21)16-10-12-18(13-11-16)22-17-8-6-5-7-9-17/h5-13H,3-4,14-15H2,1-2H3. The Labute approximate surface area is 132 Å². The van der Waals surface area contributed by atoms with Gasteiger partial charge < -0.3 is 9.64 Å². The van der Waals surface area contributed by atoms with Crippen molar-refractivity contribution in [3.05, 3.63) is 60.2 Å². The molecule has 2 rings (SSSR count). The molecular formula is C19H23NO2. The van der Waals surface area contributed by atoms with Crippen LogP contribution in [0.3, 0.4) is 0 Å². The third kappa shape index (κ3) is 4.71. The minimum atomic E-state index is 0.179. The largest absolute Gasteiger partial charge is 0.457 e. The van der Waals surface area contributed by atoms with Gasteiger partial charge in [-0.1, -0.05) is 32.0 Å². The first-order valence-corrected chi connectivity index (χ1v) is 7.81. The summed E-state index contributed by atoms with van der Waals surface area (Å²) in [6.07, 6.45) is 0.556. The summed E-state index contributed by atoms with van der Waals surface area (Å²) in [6.45, 7) is 7.00. The number of benzene rings is 2. The summed E-state index contributed by atoms with van der Waals surface area (Å²) in [7, 11) is 0. The summed E-state index contributed by atoms with van der Waals surface area (Å²) in [5.41, 5.74) is 0.743. The molecule has 0 aliphatic carbocycles. The van der Waals surface area contributed by atoms with Gasteiger partial charge in [-0.25, -0.2) is 0 Å². The third-order valence-electron chi connectivity index (χ3n) is 3.70. The second-order valence-electron chi connectivity index (χ2n) is 5.14. The zero-order valence-electron chi connectivity index (χ0n) is 13.3. The Bertz CT molecular complexity index is 574. The molecule has 3 heteroatoms. The molecule has 0 fully saturated rings. The average molecular weight is 297 g/mol. The van der Waals surface area contributed by atoms with Crippen LogP contribution < -0.4 is 4.74 Å². The van der Waals surface area contributed by atoms with Gasteiger partial charge in [-0.3, -0.25) is 4.79 Å². The highest BCUT2D eigenvalue weighted by molar-refractivity contribution is 5.96. The molecule has 0 aromatic heterocycles. The summed E-state index contributed by atoms with van der Waals surface area (Å²) in [6, 6.07) is 17.0. The smallest absolute Gasteiger partial charge is 0.164 e. The second kappa shape index (κ2) is 8.35. The predicted octanol–water partition coefficient (Wildman–Crippen LogP) is 4.39. The van der Waals surface area contributed by atoms with Gasteiger partial charge in [0.1, 0.15) is 11.5 Å². The van der Waals surface area contributed by atoms with Crippen molar-refractivity contribution in [2.45, 2.75) is 20.3 Å². The number of nitrogens with zero attached hydrogens (tertiary/aromatic N) is 1. The number of ketones is 1. The van der Waals surface area contributed by atoms with Crippen LogP contribution in [0.5, 0.6) is 11.5 Å². The van der Waals surface area contributed by atoms with Crippen molar-refractivity contribution in [2.75, 3.05) is 19.6 Å². The molecule has 0 spiro atoms. The minimum absolute atomic E-state index is 0.179. The monoisotopic (exact) mass is 297 g/mol. The van der Waals surface area contributed by atoms with Gasteiger partial charge in [-0.2, -0.15) is 0 Å². The highest BCUT2D eigenvalue weighted by Gasteiger charge is 2.08. The van der Waals surface area contributed by atoms with Gasteiger partial charge in [-0.15, -0.1) is 0 Å². The van der Waals surface area contributed by atoms with Crippen LogP contribution in [0.2, 0.25) is 0 Å². The molecule has 0 saturated carbocycles. The Kier molecular flexibility index (Phi) is 6.16. The van der Waals surface area contributed by atoms with E-state index in [9.17, 15) is 4.79 Å². The Balaban J connectivity index is 1.92. The Morgan fingerprint density at radius 3 is 2.09 bits per heavy atom. The summed E-state index contributed by atoms with van der Waals surface area (Å²) in [5, 5.41) is 0. The van der Waals surface area contributed by atoms with Crippen molar-refractivity contribution in [1.29, 1.82) is 0 Å². The lowest BCUT2D eigenvalue weighted by Gasteiger charge is -2.17. The number of rotatable bonds is 8. The fourth-order valence-electron chi connectivity index (χ4n) is 2.28. The van der Waals surface area contributed by atoms with Crippen molar-refractivity contribution in [2.24, 2.45) is 0 Å². The van der Waals surface area contributed by atoms with Gasteiger partial charge in [0.25, 0.3) is 0 Å². The molecule has 0 amide bonds. The average Bonchev–Trinajstić information content (AvgIpc) is 2.57. The highest BCUT2D eigenvalue weighted by Crippen LogP contribution is 2.21. The molecule has 2 aromatic carbocycles. The SMILES string of the molecule is CCN(CC)CCC(=O)c1ccc(Oc2ccccc2)cc1. The van der Waals surface area contributed by atoms with E-state index in [1.54, 1.807) is 0 Å². The zero-order chi connectivity index (χ0) is 15.8. The van der Waals surface area contributed by atoms with Gasteiger partial charge in [0.05, 0.1) is 0 Å². The summed E-state index contributed by atoms with van der Waals surface area (Å²) < 4.78 is 5.73. The maximum Gasteiger partial charge on any atom is 0.164 e. The summed E-state index contributed by atoms with van der Waals surface area (Å²) in [5.74, 6) is 1.72. The maximum absolute atomic E-state index is 12.2. The second-order valence-corrected chi connectivity index (χ2v) is 5.14. The molecule has 22 heavy (non-hydrogen) atoms. The first-order valence-electron chi connectivity index (χ1n) is 7.81. The lowest BCUT2D eigenvalue weighted by Crippen LogP contribution is -2.25. The number of hydrogen-bond donors (Lipinski definition) is 0. The van der Waals surface area contributed by atoms with E-state index in [1.165, 1.54) is 0 Å². The molecule has 0 bridgehead atoms.